The van der Waals surface area contributed by atoms with Gasteiger partial charge < -0.3 is 10.1 Å². The Morgan fingerprint density at radius 1 is 1.24 bits per heavy atom. The molecule has 0 spiro atoms. The van der Waals surface area contributed by atoms with Crippen LogP contribution in [0.3, 0.4) is 0 Å². The molecular weight excluding hydrogens is 260 g/mol. The molecule has 0 aromatic carbocycles. The first-order valence-corrected chi connectivity index (χ1v) is 9.15. The molecule has 21 heavy (non-hydrogen) atoms. The Labute approximate surface area is 131 Å². The minimum atomic E-state index is 0.297. The van der Waals surface area contributed by atoms with Gasteiger partial charge in [-0.25, -0.2) is 0 Å². The Bertz CT molecular complexity index is 302. The zero-order valence-electron chi connectivity index (χ0n) is 14.7. The van der Waals surface area contributed by atoms with Gasteiger partial charge in [0.1, 0.15) is 0 Å². The second-order valence-electron chi connectivity index (χ2n) is 7.60. The largest absolute Gasteiger partial charge is 0.377 e. The third-order valence-electron chi connectivity index (χ3n) is 5.72. The predicted octanol–water partition coefficient (Wildman–Crippen LogP) is 3.43. The molecular formula is C18H36N2O. The maximum absolute atomic E-state index is 5.80. The van der Waals surface area contributed by atoms with Crippen LogP contribution in [-0.2, 0) is 4.74 Å². The molecule has 0 bridgehead atoms. The molecule has 1 N–H and O–H groups in total. The molecule has 2 aliphatic rings. The fourth-order valence-corrected chi connectivity index (χ4v) is 3.95. The fraction of sp³-hybridized carbons (Fsp3) is 1.00. The maximum Gasteiger partial charge on any atom is 0.0597 e. The summed E-state index contributed by atoms with van der Waals surface area (Å²) in [5, 5.41) is 3.88. The summed E-state index contributed by atoms with van der Waals surface area (Å²) in [6.07, 6.45) is 8.72. The van der Waals surface area contributed by atoms with Crippen LogP contribution in [0, 0.1) is 5.92 Å². The van der Waals surface area contributed by atoms with Crippen molar-refractivity contribution >= 4 is 0 Å². The number of hydrogen-bond donors (Lipinski definition) is 1. The lowest BCUT2D eigenvalue weighted by atomic mass is 9.81. The monoisotopic (exact) mass is 296 g/mol. The molecule has 0 radical (unpaired) electrons. The summed E-state index contributed by atoms with van der Waals surface area (Å²) in [7, 11) is 0. The highest BCUT2D eigenvalue weighted by atomic mass is 16.5. The van der Waals surface area contributed by atoms with Gasteiger partial charge in [0.2, 0.25) is 0 Å². The van der Waals surface area contributed by atoms with E-state index in [1.165, 1.54) is 45.1 Å². The van der Waals surface area contributed by atoms with E-state index in [1.54, 1.807) is 0 Å². The van der Waals surface area contributed by atoms with E-state index >= 15 is 0 Å². The lowest BCUT2D eigenvalue weighted by molar-refractivity contribution is -0.00727. The summed E-state index contributed by atoms with van der Waals surface area (Å²) in [5.74, 6) is 0.897. The second-order valence-corrected chi connectivity index (χ2v) is 7.60. The molecule has 0 amide bonds. The van der Waals surface area contributed by atoms with Gasteiger partial charge in [-0.1, -0.05) is 26.2 Å². The van der Waals surface area contributed by atoms with Crippen molar-refractivity contribution in [1.82, 2.24) is 10.2 Å². The normalized spacial score (nSPS) is 32.7. The van der Waals surface area contributed by atoms with Crippen molar-refractivity contribution in [1.29, 1.82) is 0 Å². The maximum atomic E-state index is 5.80. The van der Waals surface area contributed by atoms with Gasteiger partial charge in [-0.05, 0) is 46.0 Å². The Morgan fingerprint density at radius 2 is 1.95 bits per heavy atom. The van der Waals surface area contributed by atoms with E-state index in [4.69, 9.17) is 4.74 Å². The van der Waals surface area contributed by atoms with Crippen LogP contribution in [0.15, 0.2) is 0 Å². The third-order valence-corrected chi connectivity index (χ3v) is 5.72. The van der Waals surface area contributed by atoms with Crippen LogP contribution in [0.2, 0.25) is 0 Å². The van der Waals surface area contributed by atoms with E-state index in [2.05, 4.69) is 37.9 Å². The minimum Gasteiger partial charge on any atom is -0.377 e. The van der Waals surface area contributed by atoms with Gasteiger partial charge in [0.15, 0.2) is 0 Å². The molecule has 1 saturated heterocycles. The van der Waals surface area contributed by atoms with Crippen molar-refractivity contribution in [2.45, 2.75) is 83.9 Å². The average molecular weight is 296 g/mol. The Balaban J connectivity index is 1.91. The van der Waals surface area contributed by atoms with Gasteiger partial charge in [-0.15, -0.1) is 0 Å². The highest BCUT2D eigenvalue weighted by molar-refractivity contribution is 4.97. The van der Waals surface area contributed by atoms with Crippen LogP contribution in [0.1, 0.15) is 66.2 Å². The van der Waals surface area contributed by atoms with Crippen LogP contribution < -0.4 is 5.32 Å². The van der Waals surface area contributed by atoms with Crippen molar-refractivity contribution in [2.75, 3.05) is 26.2 Å². The minimum absolute atomic E-state index is 0.297. The first-order chi connectivity index (χ1) is 10.0. The molecule has 0 aromatic heterocycles. The summed E-state index contributed by atoms with van der Waals surface area (Å²) < 4.78 is 5.80. The van der Waals surface area contributed by atoms with Gasteiger partial charge in [0.25, 0.3) is 0 Å². The van der Waals surface area contributed by atoms with E-state index in [0.717, 1.165) is 25.6 Å². The SMILES string of the molecule is CCC1(C)CNC(C2CCCCC2)CN1CCOC(C)C. The molecule has 0 aromatic rings. The molecule has 1 heterocycles. The molecule has 2 unspecified atom stereocenters. The van der Waals surface area contributed by atoms with E-state index in [1.807, 2.05) is 0 Å². The van der Waals surface area contributed by atoms with Crippen LogP contribution in [0.25, 0.3) is 0 Å². The molecule has 3 nitrogen and oxygen atoms in total. The summed E-state index contributed by atoms with van der Waals surface area (Å²) in [6, 6.07) is 0.698. The molecule has 3 heteroatoms. The fourth-order valence-electron chi connectivity index (χ4n) is 3.95. The standard InChI is InChI=1S/C18H36N2O/c1-5-18(4)14-19-17(16-9-7-6-8-10-16)13-20(18)11-12-21-15(2)3/h15-17,19H,5-14H2,1-4H3. The van der Waals surface area contributed by atoms with Crippen molar-refractivity contribution in [3.05, 3.63) is 0 Å². The predicted molar refractivity (Wildman–Crippen MR) is 89.7 cm³/mol. The van der Waals surface area contributed by atoms with Gasteiger partial charge in [0, 0.05) is 31.2 Å². The van der Waals surface area contributed by atoms with E-state index in [0.29, 0.717) is 17.7 Å². The quantitative estimate of drug-likeness (QED) is 0.812. The van der Waals surface area contributed by atoms with E-state index in [9.17, 15) is 0 Å². The van der Waals surface area contributed by atoms with Crippen molar-refractivity contribution in [3.8, 4) is 0 Å². The number of piperazine rings is 1. The van der Waals surface area contributed by atoms with Gasteiger partial charge in [-0.3, -0.25) is 4.90 Å². The number of nitrogens with zero attached hydrogens (tertiary/aromatic N) is 1. The first-order valence-electron chi connectivity index (χ1n) is 9.15. The number of ether oxygens (including phenoxy) is 1. The first kappa shape index (κ1) is 17.2. The highest BCUT2D eigenvalue weighted by Crippen LogP contribution is 2.31. The Kier molecular flexibility index (Phi) is 6.51. The lowest BCUT2D eigenvalue weighted by Crippen LogP contribution is -2.65. The summed E-state index contributed by atoms with van der Waals surface area (Å²) in [4.78, 5) is 2.70. The number of rotatable bonds is 6. The van der Waals surface area contributed by atoms with E-state index < -0.39 is 0 Å². The van der Waals surface area contributed by atoms with Crippen molar-refractivity contribution in [3.63, 3.8) is 0 Å². The summed E-state index contributed by atoms with van der Waals surface area (Å²) in [5.41, 5.74) is 0.297. The molecule has 1 aliphatic carbocycles. The Morgan fingerprint density at radius 3 is 2.57 bits per heavy atom. The molecule has 1 aliphatic heterocycles. The summed E-state index contributed by atoms with van der Waals surface area (Å²) in [6.45, 7) is 13.3. The topological polar surface area (TPSA) is 24.5 Å². The van der Waals surface area contributed by atoms with Crippen molar-refractivity contribution < 1.29 is 4.74 Å². The molecule has 2 rings (SSSR count). The van der Waals surface area contributed by atoms with Gasteiger partial charge >= 0.3 is 0 Å². The van der Waals surface area contributed by atoms with E-state index in [-0.39, 0.29) is 0 Å². The highest BCUT2D eigenvalue weighted by Gasteiger charge is 2.38. The van der Waals surface area contributed by atoms with Crippen molar-refractivity contribution in [2.24, 2.45) is 5.92 Å². The number of nitrogens with one attached hydrogen (secondary N) is 1. The van der Waals surface area contributed by atoms with Gasteiger partial charge in [-0.2, -0.15) is 0 Å². The number of hydrogen-bond acceptors (Lipinski definition) is 3. The average Bonchev–Trinajstić information content (AvgIpc) is 2.50. The zero-order valence-corrected chi connectivity index (χ0v) is 14.7. The van der Waals surface area contributed by atoms with Gasteiger partial charge in [0.05, 0.1) is 12.7 Å². The smallest absolute Gasteiger partial charge is 0.0597 e. The molecule has 2 atom stereocenters. The van der Waals surface area contributed by atoms with Crippen LogP contribution in [-0.4, -0.2) is 48.8 Å². The van der Waals surface area contributed by atoms with Crippen LogP contribution >= 0.6 is 0 Å². The van der Waals surface area contributed by atoms with Crippen LogP contribution in [0.5, 0.6) is 0 Å². The molecule has 2 fully saturated rings. The lowest BCUT2D eigenvalue weighted by Gasteiger charge is -2.50. The zero-order chi connectivity index (χ0) is 15.3. The Hall–Kier alpha value is -0.120. The van der Waals surface area contributed by atoms with Crippen LogP contribution in [0.4, 0.5) is 0 Å². The molecule has 124 valence electrons. The summed E-state index contributed by atoms with van der Waals surface area (Å²) >= 11 is 0. The molecule has 1 saturated carbocycles. The third kappa shape index (κ3) is 4.67. The second kappa shape index (κ2) is 7.94.